The monoisotopic (exact) mass is 240 g/mol. The smallest absolute Gasteiger partial charge is 0.200 e. The van der Waals surface area contributed by atoms with E-state index < -0.39 is 0 Å². The van der Waals surface area contributed by atoms with Crippen LogP contribution in [0.3, 0.4) is 0 Å². The molecule has 0 aromatic heterocycles. The van der Waals surface area contributed by atoms with E-state index in [2.05, 4.69) is 10.5 Å². The average Bonchev–Trinajstić information content (AvgIpc) is 2.36. The molecule has 0 aliphatic rings. The largest absolute Gasteiger partial charge is 0.502 e. The molecule has 1 rings (SSSR count). The zero-order valence-electron chi connectivity index (χ0n) is 9.80. The Kier molecular flexibility index (Phi) is 5.09. The van der Waals surface area contributed by atoms with Crippen molar-refractivity contribution < 1.29 is 19.7 Å². The fourth-order valence-corrected chi connectivity index (χ4v) is 1.22. The Hall–Kier alpha value is -1.95. The fourth-order valence-electron chi connectivity index (χ4n) is 1.22. The Morgan fingerprint density at radius 3 is 2.35 bits per heavy atom. The molecule has 0 fully saturated rings. The maximum atomic E-state index is 9.68. The zero-order valence-corrected chi connectivity index (χ0v) is 9.80. The summed E-state index contributed by atoms with van der Waals surface area (Å²) < 4.78 is 10.0. The molecule has 0 spiro atoms. The second-order valence-electron chi connectivity index (χ2n) is 3.16. The third-order valence-electron chi connectivity index (χ3n) is 2.03. The minimum atomic E-state index is -0.0459. The van der Waals surface area contributed by atoms with Crippen LogP contribution < -0.4 is 14.9 Å². The molecular formula is C11H16N2O4. The Bertz CT molecular complexity index is 368. The van der Waals surface area contributed by atoms with E-state index in [1.165, 1.54) is 14.2 Å². The van der Waals surface area contributed by atoms with Gasteiger partial charge in [-0.3, -0.25) is 0 Å². The number of phenolic OH excluding ortho intramolecular Hbond substituents is 1. The molecule has 0 aliphatic heterocycles. The third kappa shape index (κ3) is 3.53. The number of aromatic hydroxyl groups is 1. The van der Waals surface area contributed by atoms with Crippen molar-refractivity contribution in [1.82, 2.24) is 5.43 Å². The summed E-state index contributed by atoms with van der Waals surface area (Å²) in [5, 5.41) is 22.1. The third-order valence-corrected chi connectivity index (χ3v) is 2.03. The molecule has 1 aromatic rings. The first kappa shape index (κ1) is 13.1. The van der Waals surface area contributed by atoms with Crippen molar-refractivity contribution in [3.63, 3.8) is 0 Å². The normalized spacial score (nSPS) is 10.5. The van der Waals surface area contributed by atoms with Gasteiger partial charge in [0.15, 0.2) is 11.5 Å². The number of phenols is 1. The predicted octanol–water partition coefficient (Wildman–Crippen LogP) is 0.325. The van der Waals surface area contributed by atoms with E-state index in [1.807, 2.05) is 0 Å². The molecule has 17 heavy (non-hydrogen) atoms. The van der Waals surface area contributed by atoms with Crippen molar-refractivity contribution >= 4 is 6.21 Å². The molecule has 6 heteroatoms. The van der Waals surface area contributed by atoms with E-state index in [1.54, 1.807) is 18.3 Å². The van der Waals surface area contributed by atoms with Crippen molar-refractivity contribution in [2.75, 3.05) is 27.4 Å². The number of benzene rings is 1. The number of rotatable bonds is 6. The number of nitrogens with one attached hydrogen (secondary N) is 1. The van der Waals surface area contributed by atoms with Gasteiger partial charge in [0.05, 0.1) is 33.6 Å². The van der Waals surface area contributed by atoms with Crippen LogP contribution in [0.25, 0.3) is 0 Å². The topological polar surface area (TPSA) is 83.3 Å². The second-order valence-corrected chi connectivity index (χ2v) is 3.16. The quantitative estimate of drug-likeness (QED) is 0.379. The van der Waals surface area contributed by atoms with E-state index in [-0.39, 0.29) is 12.4 Å². The molecule has 6 nitrogen and oxygen atoms in total. The lowest BCUT2D eigenvalue weighted by molar-refractivity contribution is 0.294. The van der Waals surface area contributed by atoms with Crippen LogP contribution in [0.5, 0.6) is 17.2 Å². The van der Waals surface area contributed by atoms with Crippen molar-refractivity contribution in [2.45, 2.75) is 0 Å². The minimum absolute atomic E-state index is 0.0135. The van der Waals surface area contributed by atoms with Crippen LogP contribution in [-0.2, 0) is 0 Å². The lowest BCUT2D eigenvalue weighted by Gasteiger charge is -2.09. The van der Waals surface area contributed by atoms with Gasteiger partial charge in [0, 0.05) is 5.56 Å². The van der Waals surface area contributed by atoms with Crippen molar-refractivity contribution in [1.29, 1.82) is 0 Å². The number of nitrogens with zero attached hydrogens (tertiary/aromatic N) is 1. The molecule has 0 aliphatic carbocycles. The summed E-state index contributed by atoms with van der Waals surface area (Å²) in [5.41, 5.74) is 3.36. The molecule has 0 heterocycles. The molecule has 0 saturated heterocycles. The molecule has 0 radical (unpaired) electrons. The van der Waals surface area contributed by atoms with Gasteiger partial charge in [-0.05, 0) is 12.1 Å². The van der Waals surface area contributed by atoms with Crippen LogP contribution in [0.4, 0.5) is 0 Å². The van der Waals surface area contributed by atoms with Gasteiger partial charge in [-0.25, -0.2) is 0 Å². The molecular weight excluding hydrogens is 224 g/mol. The van der Waals surface area contributed by atoms with E-state index in [9.17, 15) is 5.11 Å². The molecule has 1 aromatic carbocycles. The van der Waals surface area contributed by atoms with Crippen molar-refractivity contribution in [2.24, 2.45) is 5.10 Å². The van der Waals surface area contributed by atoms with Gasteiger partial charge in [-0.2, -0.15) is 5.10 Å². The Labute approximate surface area is 99.5 Å². The number of methoxy groups -OCH3 is 2. The highest BCUT2D eigenvalue weighted by atomic mass is 16.5. The van der Waals surface area contributed by atoms with Gasteiger partial charge >= 0.3 is 0 Å². The number of hydrogen-bond donors (Lipinski definition) is 3. The van der Waals surface area contributed by atoms with Gasteiger partial charge in [0.25, 0.3) is 0 Å². The first-order valence-electron chi connectivity index (χ1n) is 5.04. The summed E-state index contributed by atoms with van der Waals surface area (Å²) in [6.45, 7) is 0.391. The van der Waals surface area contributed by atoms with E-state index in [0.717, 1.165) is 0 Å². The van der Waals surface area contributed by atoms with Crippen LogP contribution in [0, 0.1) is 0 Å². The number of hydrazone groups is 1. The first-order chi connectivity index (χ1) is 8.22. The fraction of sp³-hybridized carbons (Fsp3) is 0.364. The summed E-state index contributed by atoms with van der Waals surface area (Å²) in [6.07, 6.45) is 1.54. The standard InChI is InChI=1S/C11H16N2O4/c1-16-9-5-8(7-13-12-3-4-14)6-10(17-2)11(9)15/h5-7,12,14-15H,3-4H2,1-2H3. The highest BCUT2D eigenvalue weighted by molar-refractivity contribution is 5.82. The molecule has 0 atom stereocenters. The van der Waals surface area contributed by atoms with E-state index >= 15 is 0 Å². The molecule has 0 saturated carbocycles. The summed E-state index contributed by atoms with van der Waals surface area (Å²) in [7, 11) is 2.92. The molecule has 94 valence electrons. The van der Waals surface area contributed by atoms with Gasteiger partial charge < -0.3 is 25.1 Å². The second kappa shape index (κ2) is 6.59. The average molecular weight is 240 g/mol. The Morgan fingerprint density at radius 2 is 1.88 bits per heavy atom. The summed E-state index contributed by atoms with van der Waals surface area (Å²) in [4.78, 5) is 0. The lowest BCUT2D eigenvalue weighted by atomic mass is 10.2. The molecule has 0 unspecified atom stereocenters. The Balaban J connectivity index is 2.89. The first-order valence-corrected chi connectivity index (χ1v) is 5.04. The zero-order chi connectivity index (χ0) is 12.7. The van der Waals surface area contributed by atoms with Crippen LogP contribution in [0.2, 0.25) is 0 Å². The molecule has 3 N–H and O–H groups in total. The summed E-state index contributed by atoms with van der Waals surface area (Å²) >= 11 is 0. The van der Waals surface area contributed by atoms with Crippen molar-refractivity contribution in [3.8, 4) is 17.2 Å². The van der Waals surface area contributed by atoms with Crippen LogP contribution >= 0.6 is 0 Å². The highest BCUT2D eigenvalue weighted by Crippen LogP contribution is 2.36. The van der Waals surface area contributed by atoms with Crippen LogP contribution in [0.1, 0.15) is 5.56 Å². The lowest BCUT2D eigenvalue weighted by Crippen LogP contribution is -2.11. The van der Waals surface area contributed by atoms with Crippen LogP contribution in [-0.4, -0.2) is 43.8 Å². The van der Waals surface area contributed by atoms with Crippen LogP contribution in [0.15, 0.2) is 17.2 Å². The number of hydrogen-bond acceptors (Lipinski definition) is 6. The molecule has 0 bridgehead atoms. The van der Waals surface area contributed by atoms with Crippen molar-refractivity contribution in [3.05, 3.63) is 17.7 Å². The number of aliphatic hydroxyl groups is 1. The minimum Gasteiger partial charge on any atom is -0.502 e. The SMILES string of the molecule is COc1cc(C=NNCCO)cc(OC)c1O. The maximum absolute atomic E-state index is 9.68. The van der Waals surface area contributed by atoms with Gasteiger partial charge in [-0.15, -0.1) is 0 Å². The van der Waals surface area contributed by atoms with Gasteiger partial charge in [0.2, 0.25) is 5.75 Å². The maximum Gasteiger partial charge on any atom is 0.200 e. The molecule has 0 amide bonds. The van der Waals surface area contributed by atoms with Gasteiger partial charge in [0.1, 0.15) is 0 Å². The Morgan fingerprint density at radius 1 is 1.29 bits per heavy atom. The summed E-state index contributed by atoms with van der Waals surface area (Å²) in [5.74, 6) is 0.580. The number of ether oxygens (including phenoxy) is 2. The number of aliphatic hydroxyl groups excluding tert-OH is 1. The van der Waals surface area contributed by atoms with Gasteiger partial charge in [-0.1, -0.05) is 0 Å². The summed E-state index contributed by atoms with van der Waals surface area (Å²) in [6, 6.07) is 3.25. The highest BCUT2D eigenvalue weighted by Gasteiger charge is 2.09. The van der Waals surface area contributed by atoms with E-state index in [0.29, 0.717) is 23.6 Å². The van der Waals surface area contributed by atoms with E-state index in [4.69, 9.17) is 14.6 Å². The predicted molar refractivity (Wildman–Crippen MR) is 63.9 cm³/mol.